The lowest BCUT2D eigenvalue weighted by atomic mass is 10.2. The zero-order valence-electron chi connectivity index (χ0n) is 10.6. The maximum atomic E-state index is 10.6. The van der Waals surface area contributed by atoms with Gasteiger partial charge in [-0.25, -0.2) is 0 Å². The van der Waals surface area contributed by atoms with Gasteiger partial charge < -0.3 is 9.80 Å². The quantitative estimate of drug-likeness (QED) is 0.560. The van der Waals surface area contributed by atoms with Crippen molar-refractivity contribution in [3.8, 4) is 0 Å². The van der Waals surface area contributed by atoms with Gasteiger partial charge in [-0.05, 0) is 33.2 Å². The summed E-state index contributed by atoms with van der Waals surface area (Å²) in [6.45, 7) is 4.86. The summed E-state index contributed by atoms with van der Waals surface area (Å²) in [6, 6.07) is 6.70. The molecular formula is C12H19N3O2. The molecule has 0 saturated heterocycles. The van der Waals surface area contributed by atoms with Crippen LogP contribution in [0.5, 0.6) is 0 Å². The fourth-order valence-corrected chi connectivity index (χ4v) is 1.58. The van der Waals surface area contributed by atoms with E-state index in [0.717, 1.165) is 25.3 Å². The molecule has 5 heteroatoms. The summed E-state index contributed by atoms with van der Waals surface area (Å²) in [7, 11) is 4.06. The molecule has 0 aromatic heterocycles. The van der Waals surface area contributed by atoms with Gasteiger partial charge in [-0.3, -0.25) is 10.1 Å². The van der Waals surface area contributed by atoms with Crippen molar-refractivity contribution in [3.05, 3.63) is 34.4 Å². The zero-order chi connectivity index (χ0) is 12.8. The first-order chi connectivity index (χ1) is 8.04. The van der Waals surface area contributed by atoms with Gasteiger partial charge in [-0.2, -0.15) is 0 Å². The zero-order valence-corrected chi connectivity index (χ0v) is 10.6. The molecule has 0 unspecified atom stereocenters. The molecule has 0 atom stereocenters. The third-order valence-electron chi connectivity index (χ3n) is 2.62. The van der Waals surface area contributed by atoms with Gasteiger partial charge in [0.2, 0.25) is 0 Å². The van der Waals surface area contributed by atoms with Crippen molar-refractivity contribution in [1.82, 2.24) is 4.90 Å². The summed E-state index contributed by atoms with van der Waals surface area (Å²) in [5.74, 6) is 0. The highest BCUT2D eigenvalue weighted by atomic mass is 16.6. The average molecular weight is 237 g/mol. The van der Waals surface area contributed by atoms with Gasteiger partial charge in [0, 0.05) is 37.5 Å². The smallest absolute Gasteiger partial charge is 0.269 e. The summed E-state index contributed by atoms with van der Waals surface area (Å²) in [6.07, 6.45) is 0. The van der Waals surface area contributed by atoms with Gasteiger partial charge in [0.15, 0.2) is 0 Å². The van der Waals surface area contributed by atoms with Crippen LogP contribution in [0, 0.1) is 10.1 Å². The van der Waals surface area contributed by atoms with E-state index in [9.17, 15) is 10.1 Å². The van der Waals surface area contributed by atoms with Gasteiger partial charge in [-0.15, -0.1) is 0 Å². The van der Waals surface area contributed by atoms with Gasteiger partial charge in [0.1, 0.15) is 0 Å². The minimum absolute atomic E-state index is 0.136. The molecule has 1 aromatic rings. The number of benzene rings is 1. The molecule has 0 amide bonds. The number of hydrogen-bond donors (Lipinski definition) is 0. The molecule has 0 heterocycles. The van der Waals surface area contributed by atoms with Crippen LogP contribution in [-0.2, 0) is 0 Å². The Morgan fingerprint density at radius 1 is 1.18 bits per heavy atom. The number of likely N-dealkylation sites (N-methyl/N-ethyl adjacent to an activating group) is 2. The monoisotopic (exact) mass is 237 g/mol. The first kappa shape index (κ1) is 13.4. The SMILES string of the molecule is CCN(CCN(C)C)c1ccc([N+](=O)[O-])cc1. The fraction of sp³-hybridized carbons (Fsp3) is 0.500. The van der Waals surface area contributed by atoms with E-state index in [4.69, 9.17) is 0 Å². The van der Waals surface area contributed by atoms with Crippen molar-refractivity contribution < 1.29 is 4.92 Å². The summed E-state index contributed by atoms with van der Waals surface area (Å²) < 4.78 is 0. The second-order valence-electron chi connectivity index (χ2n) is 4.16. The van der Waals surface area contributed by atoms with E-state index in [1.807, 2.05) is 14.1 Å². The summed E-state index contributed by atoms with van der Waals surface area (Å²) in [4.78, 5) is 14.5. The summed E-state index contributed by atoms with van der Waals surface area (Å²) >= 11 is 0. The molecule has 94 valence electrons. The Kier molecular flexibility index (Phi) is 4.90. The molecule has 0 bridgehead atoms. The van der Waals surface area contributed by atoms with Crippen LogP contribution >= 0.6 is 0 Å². The Morgan fingerprint density at radius 3 is 2.18 bits per heavy atom. The fourth-order valence-electron chi connectivity index (χ4n) is 1.58. The van der Waals surface area contributed by atoms with Gasteiger partial charge in [0.25, 0.3) is 5.69 Å². The molecule has 0 radical (unpaired) electrons. The largest absolute Gasteiger partial charge is 0.371 e. The number of nitro benzene ring substituents is 1. The molecule has 0 aliphatic heterocycles. The Balaban J connectivity index is 2.71. The van der Waals surface area contributed by atoms with Crippen LogP contribution in [0.4, 0.5) is 11.4 Å². The highest BCUT2D eigenvalue weighted by Crippen LogP contribution is 2.18. The minimum atomic E-state index is -0.375. The molecule has 0 saturated carbocycles. The number of nitrogens with zero attached hydrogens (tertiary/aromatic N) is 3. The normalized spacial score (nSPS) is 10.6. The maximum absolute atomic E-state index is 10.6. The van der Waals surface area contributed by atoms with Crippen molar-refractivity contribution in [3.63, 3.8) is 0 Å². The van der Waals surface area contributed by atoms with Crippen molar-refractivity contribution in [2.75, 3.05) is 38.6 Å². The van der Waals surface area contributed by atoms with E-state index in [1.165, 1.54) is 0 Å². The van der Waals surface area contributed by atoms with Crippen LogP contribution in [0.3, 0.4) is 0 Å². The van der Waals surface area contributed by atoms with E-state index >= 15 is 0 Å². The molecule has 5 nitrogen and oxygen atoms in total. The Labute approximate surface area is 102 Å². The van der Waals surface area contributed by atoms with Crippen molar-refractivity contribution >= 4 is 11.4 Å². The molecule has 1 aromatic carbocycles. The second-order valence-corrected chi connectivity index (χ2v) is 4.16. The Hall–Kier alpha value is -1.62. The predicted molar refractivity (Wildman–Crippen MR) is 69.5 cm³/mol. The van der Waals surface area contributed by atoms with E-state index in [1.54, 1.807) is 24.3 Å². The third-order valence-corrected chi connectivity index (χ3v) is 2.62. The van der Waals surface area contributed by atoms with Crippen LogP contribution in [0.15, 0.2) is 24.3 Å². The highest BCUT2D eigenvalue weighted by Gasteiger charge is 2.08. The molecule has 17 heavy (non-hydrogen) atoms. The van der Waals surface area contributed by atoms with Crippen LogP contribution in [-0.4, -0.2) is 43.6 Å². The highest BCUT2D eigenvalue weighted by molar-refractivity contribution is 5.50. The molecule has 0 aliphatic carbocycles. The standard InChI is InChI=1S/C12H19N3O2/c1-4-14(10-9-13(2)3)11-5-7-12(8-6-11)15(16)17/h5-8H,4,9-10H2,1-3H3. The number of anilines is 1. The van der Waals surface area contributed by atoms with Crippen molar-refractivity contribution in [2.45, 2.75) is 6.92 Å². The van der Waals surface area contributed by atoms with Gasteiger partial charge >= 0.3 is 0 Å². The summed E-state index contributed by atoms with van der Waals surface area (Å²) in [5, 5.41) is 10.6. The van der Waals surface area contributed by atoms with E-state index < -0.39 is 0 Å². The van der Waals surface area contributed by atoms with Crippen molar-refractivity contribution in [1.29, 1.82) is 0 Å². The Bertz CT molecular complexity index is 363. The minimum Gasteiger partial charge on any atom is -0.371 e. The van der Waals surface area contributed by atoms with Crippen LogP contribution in [0.25, 0.3) is 0 Å². The van der Waals surface area contributed by atoms with Gasteiger partial charge in [0.05, 0.1) is 4.92 Å². The maximum Gasteiger partial charge on any atom is 0.269 e. The van der Waals surface area contributed by atoms with E-state index in [0.29, 0.717) is 0 Å². The predicted octanol–water partition coefficient (Wildman–Crippen LogP) is 1.98. The number of nitro groups is 1. The molecule has 0 N–H and O–H groups in total. The molecule has 1 rings (SSSR count). The van der Waals surface area contributed by atoms with Crippen LogP contribution < -0.4 is 4.90 Å². The lowest BCUT2D eigenvalue weighted by Gasteiger charge is -2.24. The first-order valence-corrected chi connectivity index (χ1v) is 5.68. The van der Waals surface area contributed by atoms with Crippen LogP contribution in [0.2, 0.25) is 0 Å². The number of non-ortho nitro benzene ring substituents is 1. The van der Waals surface area contributed by atoms with E-state index in [2.05, 4.69) is 16.7 Å². The topological polar surface area (TPSA) is 49.6 Å². The molecule has 0 spiro atoms. The lowest BCUT2D eigenvalue weighted by molar-refractivity contribution is -0.384. The van der Waals surface area contributed by atoms with Crippen molar-refractivity contribution in [2.24, 2.45) is 0 Å². The van der Waals surface area contributed by atoms with Gasteiger partial charge in [-0.1, -0.05) is 0 Å². The van der Waals surface area contributed by atoms with E-state index in [-0.39, 0.29) is 10.6 Å². The Morgan fingerprint density at radius 2 is 1.76 bits per heavy atom. The average Bonchev–Trinajstić information content (AvgIpc) is 2.30. The molecular weight excluding hydrogens is 218 g/mol. The summed E-state index contributed by atoms with van der Waals surface area (Å²) in [5.41, 5.74) is 1.16. The second kappa shape index (κ2) is 6.20. The number of rotatable bonds is 6. The number of hydrogen-bond acceptors (Lipinski definition) is 4. The lowest BCUT2D eigenvalue weighted by Crippen LogP contribution is -2.31. The molecule has 0 aliphatic rings. The first-order valence-electron chi connectivity index (χ1n) is 5.68. The van der Waals surface area contributed by atoms with Crippen LogP contribution in [0.1, 0.15) is 6.92 Å². The molecule has 0 fully saturated rings. The third kappa shape index (κ3) is 4.03.